The minimum absolute atomic E-state index is 0.301. The highest BCUT2D eigenvalue weighted by Crippen LogP contribution is 2.33. The molecule has 0 radical (unpaired) electrons. The Labute approximate surface area is 166 Å². The lowest BCUT2D eigenvalue weighted by atomic mass is 9.78. The molecule has 0 atom stereocenters. The first-order valence-corrected chi connectivity index (χ1v) is 10.6. The average Bonchev–Trinajstić information content (AvgIpc) is 2.87. The summed E-state index contributed by atoms with van der Waals surface area (Å²) >= 11 is 0. The molecule has 6 heteroatoms. The van der Waals surface area contributed by atoms with E-state index in [9.17, 15) is 13.6 Å². The third kappa shape index (κ3) is 6.50. The standard InChI is InChI=1S/C22H32F2N2O2/c1-16(27)14-18-4-2-17(3-5-18)8-11-26-12-9-19-6-7-22(28-15-21(23)24)25-20(19)10-13-26/h6-7,17-18,21H,2-5,8-15H2,1H3. The minimum atomic E-state index is -2.48. The molecule has 3 rings (SSSR count). The van der Waals surface area contributed by atoms with E-state index < -0.39 is 13.0 Å². The summed E-state index contributed by atoms with van der Waals surface area (Å²) < 4.78 is 29.7. The molecule has 4 nitrogen and oxygen atoms in total. The van der Waals surface area contributed by atoms with Gasteiger partial charge >= 0.3 is 0 Å². The Morgan fingerprint density at radius 3 is 2.61 bits per heavy atom. The molecule has 2 aliphatic rings. The maximum absolute atomic E-state index is 12.3. The molecule has 1 aromatic heterocycles. The molecule has 1 saturated carbocycles. The first kappa shape index (κ1) is 21.2. The second-order valence-electron chi connectivity index (χ2n) is 8.38. The smallest absolute Gasteiger partial charge is 0.272 e. The summed E-state index contributed by atoms with van der Waals surface area (Å²) in [7, 11) is 0. The number of hydrogen-bond donors (Lipinski definition) is 0. The second kappa shape index (κ2) is 10.3. The van der Waals surface area contributed by atoms with E-state index in [0.717, 1.165) is 50.5 Å². The van der Waals surface area contributed by atoms with Crippen LogP contribution in [-0.2, 0) is 17.6 Å². The van der Waals surface area contributed by atoms with Crippen molar-refractivity contribution < 1.29 is 18.3 Å². The molecule has 28 heavy (non-hydrogen) atoms. The van der Waals surface area contributed by atoms with Crippen LogP contribution in [0.15, 0.2) is 12.1 Å². The largest absolute Gasteiger partial charge is 0.472 e. The van der Waals surface area contributed by atoms with E-state index in [2.05, 4.69) is 9.88 Å². The zero-order valence-electron chi connectivity index (χ0n) is 16.8. The second-order valence-corrected chi connectivity index (χ2v) is 8.38. The third-order valence-corrected chi connectivity index (χ3v) is 6.16. The van der Waals surface area contributed by atoms with Crippen LogP contribution in [0.25, 0.3) is 0 Å². The van der Waals surface area contributed by atoms with Gasteiger partial charge in [-0.2, -0.15) is 0 Å². The highest BCUT2D eigenvalue weighted by molar-refractivity contribution is 5.75. The Morgan fingerprint density at radius 1 is 1.18 bits per heavy atom. The van der Waals surface area contributed by atoms with E-state index in [1.54, 1.807) is 13.0 Å². The lowest BCUT2D eigenvalue weighted by molar-refractivity contribution is -0.118. The first-order chi connectivity index (χ1) is 13.5. The van der Waals surface area contributed by atoms with Crippen molar-refractivity contribution in [1.29, 1.82) is 0 Å². The predicted octanol–water partition coefficient (Wildman–Crippen LogP) is 4.30. The van der Waals surface area contributed by atoms with Crippen LogP contribution in [0.5, 0.6) is 5.88 Å². The maximum atomic E-state index is 12.3. The number of ketones is 1. The zero-order valence-corrected chi connectivity index (χ0v) is 16.8. The van der Waals surface area contributed by atoms with E-state index in [-0.39, 0.29) is 0 Å². The number of pyridine rings is 1. The van der Waals surface area contributed by atoms with Crippen molar-refractivity contribution in [3.63, 3.8) is 0 Å². The fraction of sp³-hybridized carbons (Fsp3) is 0.727. The van der Waals surface area contributed by atoms with Crippen LogP contribution in [0.4, 0.5) is 8.78 Å². The monoisotopic (exact) mass is 394 g/mol. The quantitative estimate of drug-likeness (QED) is 0.659. The number of halogens is 2. The number of nitrogens with zero attached hydrogens (tertiary/aromatic N) is 2. The molecule has 1 aromatic rings. The van der Waals surface area contributed by atoms with E-state index in [0.29, 0.717) is 17.6 Å². The number of carbonyl (C=O) groups excluding carboxylic acids is 1. The highest BCUT2D eigenvalue weighted by atomic mass is 19.3. The van der Waals surface area contributed by atoms with E-state index in [4.69, 9.17) is 4.74 Å². The van der Waals surface area contributed by atoms with Crippen molar-refractivity contribution >= 4 is 5.78 Å². The number of alkyl halides is 2. The van der Waals surface area contributed by atoms with Crippen molar-refractivity contribution in [2.75, 3.05) is 26.2 Å². The van der Waals surface area contributed by atoms with Gasteiger partial charge in [-0.25, -0.2) is 13.8 Å². The van der Waals surface area contributed by atoms with E-state index in [1.165, 1.54) is 37.7 Å². The SMILES string of the molecule is CC(=O)CC1CCC(CCN2CCc3ccc(OCC(F)F)nc3CC2)CC1. The van der Waals surface area contributed by atoms with Crippen LogP contribution in [-0.4, -0.2) is 48.3 Å². The maximum Gasteiger partial charge on any atom is 0.272 e. The highest BCUT2D eigenvalue weighted by Gasteiger charge is 2.23. The normalized spacial score (nSPS) is 23.3. The lowest BCUT2D eigenvalue weighted by Gasteiger charge is -2.30. The predicted molar refractivity (Wildman–Crippen MR) is 105 cm³/mol. The number of Topliss-reactive ketones (excluding diaryl/α,β-unsaturated/α-hetero) is 1. The van der Waals surface area contributed by atoms with Gasteiger partial charge in [0.15, 0.2) is 6.61 Å². The van der Waals surface area contributed by atoms with Gasteiger partial charge in [0.05, 0.1) is 0 Å². The van der Waals surface area contributed by atoms with Crippen LogP contribution in [0.1, 0.15) is 56.7 Å². The number of fused-ring (bicyclic) bond motifs is 1. The molecule has 0 spiro atoms. The van der Waals surface area contributed by atoms with Crippen LogP contribution in [0, 0.1) is 11.8 Å². The number of ether oxygens (including phenoxy) is 1. The van der Waals surface area contributed by atoms with Crippen molar-refractivity contribution in [2.45, 2.75) is 64.7 Å². The van der Waals surface area contributed by atoms with Gasteiger partial charge < -0.3 is 14.4 Å². The van der Waals surface area contributed by atoms with Gasteiger partial charge in [0, 0.05) is 37.7 Å². The van der Waals surface area contributed by atoms with Gasteiger partial charge in [-0.3, -0.25) is 0 Å². The topological polar surface area (TPSA) is 42.4 Å². The van der Waals surface area contributed by atoms with Crippen molar-refractivity contribution in [1.82, 2.24) is 9.88 Å². The van der Waals surface area contributed by atoms with Crippen molar-refractivity contribution in [2.24, 2.45) is 11.8 Å². The van der Waals surface area contributed by atoms with Gasteiger partial charge in [-0.1, -0.05) is 18.9 Å². The molecule has 2 heterocycles. The third-order valence-electron chi connectivity index (χ3n) is 6.16. The van der Waals surface area contributed by atoms with E-state index >= 15 is 0 Å². The Balaban J connectivity index is 1.42. The van der Waals surface area contributed by atoms with Crippen LogP contribution in [0.3, 0.4) is 0 Å². The minimum Gasteiger partial charge on any atom is -0.472 e. The molecule has 0 amide bonds. The number of carbonyl (C=O) groups is 1. The van der Waals surface area contributed by atoms with Gasteiger partial charge in [-0.05, 0) is 56.6 Å². The van der Waals surface area contributed by atoms with Gasteiger partial charge in [0.1, 0.15) is 5.78 Å². The Bertz CT molecular complexity index is 645. The summed E-state index contributed by atoms with van der Waals surface area (Å²) in [6.07, 6.45) is 6.18. The molecular weight excluding hydrogens is 362 g/mol. The number of hydrogen-bond acceptors (Lipinski definition) is 4. The molecular formula is C22H32F2N2O2. The molecule has 0 aromatic carbocycles. The number of rotatable bonds is 8. The summed E-state index contributed by atoms with van der Waals surface area (Å²) in [5, 5.41) is 0. The molecule has 1 aliphatic carbocycles. The summed E-state index contributed by atoms with van der Waals surface area (Å²) in [5.41, 5.74) is 2.19. The average molecular weight is 395 g/mol. The van der Waals surface area contributed by atoms with Crippen LogP contribution >= 0.6 is 0 Å². The Morgan fingerprint density at radius 2 is 1.89 bits per heavy atom. The van der Waals surface area contributed by atoms with Gasteiger partial charge in [0.25, 0.3) is 6.43 Å². The molecule has 0 bridgehead atoms. The molecule has 0 N–H and O–H groups in total. The van der Waals surface area contributed by atoms with Crippen LogP contribution in [0.2, 0.25) is 0 Å². The summed E-state index contributed by atoms with van der Waals surface area (Å²) in [5.74, 6) is 2.01. The van der Waals surface area contributed by atoms with Gasteiger partial charge in [-0.15, -0.1) is 0 Å². The summed E-state index contributed by atoms with van der Waals surface area (Å²) in [4.78, 5) is 18.2. The van der Waals surface area contributed by atoms with E-state index in [1.807, 2.05) is 6.07 Å². The van der Waals surface area contributed by atoms with Crippen LogP contribution < -0.4 is 4.74 Å². The molecule has 1 fully saturated rings. The molecule has 0 unspecified atom stereocenters. The Kier molecular flexibility index (Phi) is 7.77. The van der Waals surface area contributed by atoms with Crippen molar-refractivity contribution in [3.8, 4) is 5.88 Å². The molecule has 1 aliphatic heterocycles. The molecule has 0 saturated heterocycles. The summed E-state index contributed by atoms with van der Waals surface area (Å²) in [6, 6.07) is 3.68. The zero-order chi connectivity index (χ0) is 19.9. The van der Waals surface area contributed by atoms with Crippen molar-refractivity contribution in [3.05, 3.63) is 23.4 Å². The summed E-state index contributed by atoms with van der Waals surface area (Å²) in [6.45, 7) is 4.17. The lowest BCUT2D eigenvalue weighted by Crippen LogP contribution is -2.29. The first-order valence-electron chi connectivity index (χ1n) is 10.6. The fourth-order valence-corrected chi connectivity index (χ4v) is 4.56. The Hall–Kier alpha value is -1.56. The molecule has 156 valence electrons. The fourth-order valence-electron chi connectivity index (χ4n) is 4.56. The number of aromatic nitrogens is 1. The van der Waals surface area contributed by atoms with Gasteiger partial charge in [0.2, 0.25) is 5.88 Å².